The van der Waals surface area contributed by atoms with E-state index >= 15 is 0 Å². The highest BCUT2D eigenvalue weighted by molar-refractivity contribution is 7.91. The molecule has 0 N–H and O–H groups in total. The van der Waals surface area contributed by atoms with Crippen molar-refractivity contribution in [1.82, 2.24) is 9.21 Å². The van der Waals surface area contributed by atoms with Gasteiger partial charge in [-0.25, -0.2) is 8.42 Å². The van der Waals surface area contributed by atoms with Crippen molar-refractivity contribution in [2.75, 3.05) is 32.8 Å². The van der Waals surface area contributed by atoms with Crippen LogP contribution in [0.15, 0.2) is 39.9 Å². The number of rotatable bonds is 5. The van der Waals surface area contributed by atoms with E-state index in [0.717, 1.165) is 0 Å². The van der Waals surface area contributed by atoms with Gasteiger partial charge in [0, 0.05) is 31.2 Å². The molecule has 2 heterocycles. The SMILES string of the molecule is O=C(COc1ccc(Cl)cc1Cl)N1CCN(S(=O)(=O)c2cccs2)CC1. The molecule has 0 atom stereocenters. The Labute approximate surface area is 165 Å². The van der Waals surface area contributed by atoms with E-state index in [2.05, 4.69) is 0 Å². The average Bonchev–Trinajstić information content (AvgIpc) is 3.16. The number of thiophene rings is 1. The maximum absolute atomic E-state index is 12.5. The molecule has 0 spiro atoms. The largest absolute Gasteiger partial charge is 0.482 e. The van der Waals surface area contributed by atoms with Gasteiger partial charge in [0.1, 0.15) is 9.96 Å². The number of piperazine rings is 1. The van der Waals surface area contributed by atoms with Gasteiger partial charge in [0.25, 0.3) is 15.9 Å². The number of benzene rings is 1. The maximum atomic E-state index is 12.5. The van der Waals surface area contributed by atoms with Crippen LogP contribution in [0, 0.1) is 0 Å². The Kier molecular flexibility index (Phi) is 6.09. The van der Waals surface area contributed by atoms with Gasteiger partial charge in [0.15, 0.2) is 6.61 Å². The molecule has 0 radical (unpaired) electrons. The van der Waals surface area contributed by atoms with Gasteiger partial charge >= 0.3 is 0 Å². The van der Waals surface area contributed by atoms with Gasteiger partial charge < -0.3 is 9.64 Å². The Bertz CT molecular complexity index is 880. The Morgan fingerprint density at radius 3 is 2.50 bits per heavy atom. The highest BCUT2D eigenvalue weighted by Gasteiger charge is 2.30. The van der Waals surface area contributed by atoms with Gasteiger partial charge in [-0.15, -0.1) is 11.3 Å². The molecule has 1 fully saturated rings. The topological polar surface area (TPSA) is 66.9 Å². The molecule has 3 rings (SSSR count). The number of carbonyl (C=O) groups is 1. The second-order valence-corrected chi connectivity index (χ2v) is 9.54. The number of hydrogen-bond acceptors (Lipinski definition) is 5. The lowest BCUT2D eigenvalue weighted by Gasteiger charge is -2.33. The van der Waals surface area contributed by atoms with Crippen molar-refractivity contribution < 1.29 is 17.9 Å². The fraction of sp³-hybridized carbons (Fsp3) is 0.312. The lowest BCUT2D eigenvalue weighted by Crippen LogP contribution is -2.51. The van der Waals surface area contributed by atoms with Gasteiger partial charge in [-0.05, 0) is 29.6 Å². The molecule has 10 heteroatoms. The second kappa shape index (κ2) is 8.14. The van der Waals surface area contributed by atoms with Crippen LogP contribution in [0.2, 0.25) is 10.0 Å². The molecule has 0 saturated carbocycles. The fourth-order valence-corrected chi connectivity index (χ4v) is 5.57. The van der Waals surface area contributed by atoms with Crippen LogP contribution in [0.1, 0.15) is 0 Å². The van der Waals surface area contributed by atoms with E-state index in [-0.39, 0.29) is 25.6 Å². The van der Waals surface area contributed by atoms with Crippen LogP contribution in [0.4, 0.5) is 0 Å². The monoisotopic (exact) mass is 434 g/mol. The summed E-state index contributed by atoms with van der Waals surface area (Å²) in [7, 11) is -3.48. The molecule has 1 aromatic heterocycles. The van der Waals surface area contributed by atoms with E-state index in [1.165, 1.54) is 21.7 Å². The highest BCUT2D eigenvalue weighted by Crippen LogP contribution is 2.27. The number of nitrogens with zero attached hydrogens (tertiary/aromatic N) is 2. The predicted molar refractivity (Wildman–Crippen MR) is 102 cm³/mol. The summed E-state index contributed by atoms with van der Waals surface area (Å²) in [5.41, 5.74) is 0. The number of carbonyl (C=O) groups excluding carboxylic acids is 1. The third kappa shape index (κ3) is 4.32. The van der Waals surface area contributed by atoms with Gasteiger partial charge in [0.05, 0.1) is 5.02 Å². The van der Waals surface area contributed by atoms with E-state index in [1.807, 2.05) is 0 Å². The zero-order valence-electron chi connectivity index (χ0n) is 13.6. The Hall–Kier alpha value is -1.32. The number of hydrogen-bond donors (Lipinski definition) is 0. The first-order chi connectivity index (χ1) is 12.4. The first-order valence-corrected chi connectivity index (χ1v) is 10.8. The molecule has 140 valence electrons. The van der Waals surface area contributed by atoms with Crippen LogP contribution in [0.3, 0.4) is 0 Å². The summed E-state index contributed by atoms with van der Waals surface area (Å²) in [6.07, 6.45) is 0. The summed E-state index contributed by atoms with van der Waals surface area (Å²) in [5, 5.41) is 2.54. The van der Waals surface area contributed by atoms with Crippen LogP contribution in [0.25, 0.3) is 0 Å². The third-order valence-electron chi connectivity index (χ3n) is 3.93. The van der Waals surface area contributed by atoms with E-state index in [4.69, 9.17) is 27.9 Å². The van der Waals surface area contributed by atoms with Crippen LogP contribution in [-0.4, -0.2) is 56.3 Å². The molecule has 1 aliphatic heterocycles. The third-order valence-corrected chi connectivity index (χ3v) is 7.73. The highest BCUT2D eigenvalue weighted by atomic mass is 35.5. The summed E-state index contributed by atoms with van der Waals surface area (Å²) in [6, 6.07) is 8.06. The lowest BCUT2D eigenvalue weighted by atomic mass is 10.3. The molecule has 2 aromatic rings. The van der Waals surface area contributed by atoms with E-state index in [9.17, 15) is 13.2 Å². The fourth-order valence-electron chi connectivity index (χ4n) is 2.54. The number of ether oxygens (including phenoxy) is 1. The van der Waals surface area contributed by atoms with Gasteiger partial charge in [0.2, 0.25) is 0 Å². The molecule has 1 amide bonds. The summed E-state index contributed by atoms with van der Waals surface area (Å²) in [5.74, 6) is 0.160. The van der Waals surface area contributed by atoms with E-state index in [1.54, 1.807) is 34.5 Å². The first kappa shape index (κ1) is 19.4. The number of halogens is 2. The standard InChI is InChI=1S/C16H16Cl2N2O4S2/c17-12-3-4-14(13(18)10-12)24-11-15(21)19-5-7-20(8-6-19)26(22,23)16-2-1-9-25-16/h1-4,9-10H,5-8,11H2. The number of amides is 1. The van der Waals surface area contributed by atoms with E-state index in [0.29, 0.717) is 33.1 Å². The van der Waals surface area contributed by atoms with Crippen LogP contribution in [-0.2, 0) is 14.8 Å². The smallest absolute Gasteiger partial charge is 0.260 e. The minimum absolute atomic E-state index is 0.168. The molecule has 6 nitrogen and oxygen atoms in total. The Morgan fingerprint density at radius 2 is 1.88 bits per heavy atom. The Morgan fingerprint density at radius 1 is 1.15 bits per heavy atom. The van der Waals surface area contributed by atoms with Crippen molar-refractivity contribution in [2.24, 2.45) is 0 Å². The zero-order valence-corrected chi connectivity index (χ0v) is 16.7. The summed E-state index contributed by atoms with van der Waals surface area (Å²) >= 11 is 13.0. The maximum Gasteiger partial charge on any atom is 0.260 e. The molecule has 1 aromatic carbocycles. The van der Waals surface area contributed by atoms with E-state index < -0.39 is 10.0 Å². The molecule has 26 heavy (non-hydrogen) atoms. The minimum atomic E-state index is -3.48. The van der Waals surface area contributed by atoms with Crippen molar-refractivity contribution in [1.29, 1.82) is 0 Å². The molecule has 1 saturated heterocycles. The Balaban J connectivity index is 1.54. The quantitative estimate of drug-likeness (QED) is 0.725. The van der Waals surface area contributed by atoms with Crippen molar-refractivity contribution in [3.05, 3.63) is 45.8 Å². The van der Waals surface area contributed by atoms with Gasteiger partial charge in [-0.2, -0.15) is 4.31 Å². The van der Waals surface area contributed by atoms with Crippen molar-refractivity contribution in [3.8, 4) is 5.75 Å². The molecular weight excluding hydrogens is 419 g/mol. The first-order valence-electron chi connectivity index (χ1n) is 7.77. The molecule has 0 aliphatic carbocycles. The minimum Gasteiger partial charge on any atom is -0.482 e. The molecule has 1 aliphatic rings. The van der Waals surface area contributed by atoms with Crippen LogP contribution in [0.5, 0.6) is 5.75 Å². The number of sulfonamides is 1. The summed E-state index contributed by atoms with van der Waals surface area (Å²) < 4.78 is 32.1. The zero-order chi connectivity index (χ0) is 18.7. The van der Waals surface area contributed by atoms with Crippen LogP contribution >= 0.6 is 34.5 Å². The van der Waals surface area contributed by atoms with Crippen molar-refractivity contribution in [3.63, 3.8) is 0 Å². The van der Waals surface area contributed by atoms with Gasteiger partial charge in [-0.3, -0.25) is 4.79 Å². The normalized spacial score (nSPS) is 15.8. The second-order valence-electron chi connectivity index (χ2n) is 5.58. The lowest BCUT2D eigenvalue weighted by molar-refractivity contribution is -0.134. The predicted octanol–water partition coefficient (Wildman–Crippen LogP) is 2.97. The van der Waals surface area contributed by atoms with Gasteiger partial charge in [-0.1, -0.05) is 29.3 Å². The van der Waals surface area contributed by atoms with Crippen molar-refractivity contribution >= 4 is 50.5 Å². The molecule has 0 bridgehead atoms. The summed E-state index contributed by atoms with van der Waals surface area (Å²) in [6.45, 7) is 0.989. The van der Waals surface area contributed by atoms with Crippen molar-refractivity contribution in [2.45, 2.75) is 4.21 Å². The average molecular weight is 435 g/mol. The summed E-state index contributed by atoms with van der Waals surface area (Å²) in [4.78, 5) is 13.9. The molecular formula is C16H16Cl2N2O4S2. The van der Waals surface area contributed by atoms with Crippen LogP contribution < -0.4 is 4.74 Å². The molecule has 0 unspecified atom stereocenters.